The maximum Gasteiger partial charge on any atom is 0.0736 e. The molecule has 0 bridgehead atoms. The Balaban J connectivity index is 1.09. The highest BCUT2D eigenvalue weighted by Gasteiger charge is 2.48. The number of rotatable bonds is 4. The molecule has 0 radical (unpaired) electrons. The van der Waals surface area contributed by atoms with Crippen molar-refractivity contribution in [2.24, 2.45) is 0 Å². The minimum atomic E-state index is -0.535. The van der Waals surface area contributed by atoms with Gasteiger partial charge in [-0.25, -0.2) is 0 Å². The first-order valence-corrected chi connectivity index (χ1v) is 21.5. The van der Waals surface area contributed by atoms with Gasteiger partial charge < -0.3 is 9.47 Å². The van der Waals surface area contributed by atoms with E-state index < -0.39 is 5.41 Å². The van der Waals surface area contributed by atoms with Crippen LogP contribution in [-0.2, 0) is 5.41 Å². The van der Waals surface area contributed by atoms with Gasteiger partial charge in [-0.15, -0.1) is 0 Å². The fraction of sp³-hybridized carbons (Fsp3) is 0.0175. The Hall–Kier alpha value is -7.33. The van der Waals surface area contributed by atoms with Crippen LogP contribution in [0.3, 0.4) is 0 Å². The van der Waals surface area contributed by atoms with Crippen molar-refractivity contribution in [2.75, 3.05) is 4.90 Å². The highest BCUT2D eigenvalue weighted by atomic mass is 32.2. The summed E-state index contributed by atoms with van der Waals surface area (Å²) in [5, 5.41) is 7.56. The summed E-state index contributed by atoms with van der Waals surface area (Å²) >= 11 is 1.89. The molecule has 2 nitrogen and oxygen atoms in total. The van der Waals surface area contributed by atoms with E-state index >= 15 is 0 Å². The van der Waals surface area contributed by atoms with E-state index in [0.29, 0.717) is 0 Å². The number of fused-ring (bicyclic) bond motifs is 12. The third-order valence-electron chi connectivity index (χ3n) is 13.0. The number of hydrogen-bond donors (Lipinski definition) is 0. The number of aromatic nitrogens is 1. The molecule has 280 valence electrons. The lowest BCUT2D eigenvalue weighted by Gasteiger charge is -2.46. The third kappa shape index (κ3) is 4.67. The van der Waals surface area contributed by atoms with E-state index in [-0.39, 0.29) is 0 Å². The highest BCUT2D eigenvalue weighted by molar-refractivity contribution is 7.99. The van der Waals surface area contributed by atoms with Gasteiger partial charge in [0.25, 0.3) is 0 Å². The van der Waals surface area contributed by atoms with Crippen molar-refractivity contribution in [2.45, 2.75) is 15.2 Å². The molecule has 11 aromatic rings. The largest absolute Gasteiger partial charge is 0.310 e. The van der Waals surface area contributed by atoms with Crippen molar-refractivity contribution in [3.8, 4) is 16.8 Å². The fourth-order valence-electron chi connectivity index (χ4n) is 10.5. The molecule has 1 atom stereocenters. The summed E-state index contributed by atoms with van der Waals surface area (Å²) in [5.41, 5.74) is 14.2. The van der Waals surface area contributed by atoms with Crippen LogP contribution in [-0.4, -0.2) is 4.57 Å². The Morgan fingerprint density at radius 3 is 1.93 bits per heavy atom. The Morgan fingerprint density at radius 1 is 0.367 bits per heavy atom. The van der Waals surface area contributed by atoms with E-state index in [4.69, 9.17) is 0 Å². The minimum absolute atomic E-state index is 0.535. The average Bonchev–Trinajstić information content (AvgIpc) is 3.64. The van der Waals surface area contributed by atoms with E-state index in [9.17, 15) is 0 Å². The Kier molecular flexibility index (Phi) is 7.19. The van der Waals surface area contributed by atoms with Gasteiger partial charge in [0.2, 0.25) is 0 Å². The van der Waals surface area contributed by atoms with Crippen molar-refractivity contribution in [3.05, 3.63) is 241 Å². The molecule has 10 aromatic carbocycles. The first-order chi connectivity index (χ1) is 29.8. The van der Waals surface area contributed by atoms with E-state index in [1.54, 1.807) is 0 Å². The number of hydrogen-bond acceptors (Lipinski definition) is 2. The van der Waals surface area contributed by atoms with Gasteiger partial charge in [-0.1, -0.05) is 163 Å². The number of nitrogens with zero attached hydrogens (tertiary/aromatic N) is 2. The summed E-state index contributed by atoms with van der Waals surface area (Å²) in [6.07, 6.45) is 0. The predicted molar refractivity (Wildman–Crippen MR) is 252 cm³/mol. The molecule has 0 saturated heterocycles. The molecule has 13 rings (SSSR count). The van der Waals surface area contributed by atoms with E-state index in [1.165, 1.54) is 86.5 Å². The van der Waals surface area contributed by atoms with Crippen LogP contribution in [0, 0.1) is 0 Å². The first kappa shape index (κ1) is 33.6. The van der Waals surface area contributed by atoms with Gasteiger partial charge in [-0.2, -0.15) is 0 Å². The molecule has 2 heterocycles. The van der Waals surface area contributed by atoms with Crippen molar-refractivity contribution in [1.82, 2.24) is 4.57 Å². The molecule has 1 spiro atoms. The Morgan fingerprint density at radius 2 is 1.02 bits per heavy atom. The van der Waals surface area contributed by atoms with Crippen LogP contribution in [0.5, 0.6) is 0 Å². The van der Waals surface area contributed by atoms with Crippen LogP contribution < -0.4 is 4.90 Å². The van der Waals surface area contributed by atoms with Crippen LogP contribution in [0.1, 0.15) is 22.3 Å². The SMILES string of the molecule is c1ccc(N(c2ccc3c(c2)C2(c4ccccc4S3)c3ccccc3-c3cccc4cccc2c34)c2ccc3c4ccccc4n(-c4ccc5ccccc5c4)c3c2)cc1. The maximum atomic E-state index is 2.50. The zero-order valence-corrected chi connectivity index (χ0v) is 33.4. The quantitative estimate of drug-likeness (QED) is 0.176. The van der Waals surface area contributed by atoms with Gasteiger partial charge in [-0.05, 0) is 122 Å². The maximum absolute atomic E-state index is 2.50. The summed E-state index contributed by atoms with van der Waals surface area (Å²) in [4.78, 5) is 5.03. The lowest BCUT2D eigenvalue weighted by molar-refractivity contribution is 0.707. The van der Waals surface area contributed by atoms with Crippen molar-refractivity contribution < 1.29 is 0 Å². The van der Waals surface area contributed by atoms with Gasteiger partial charge in [0, 0.05) is 43.3 Å². The van der Waals surface area contributed by atoms with Crippen LogP contribution in [0.4, 0.5) is 17.1 Å². The van der Waals surface area contributed by atoms with Gasteiger partial charge >= 0.3 is 0 Å². The standard InChI is InChI=1S/C57H36N2S/c1-2-18-40(19-3-1)58(43-30-32-46-45-21-7-10-26-52(45)59(53(46)36-43)41-29-28-37-14-4-5-15-39(37)34-41)42-31-33-55-51(35-42)57(49-24-9-11-27-54(49)60-55)48-23-8-6-20-44(48)47-22-12-16-38-17-13-25-50(57)56(38)47/h1-36H. The molecule has 1 aromatic heterocycles. The van der Waals surface area contributed by atoms with Crippen molar-refractivity contribution in [1.29, 1.82) is 0 Å². The fourth-order valence-corrected chi connectivity index (χ4v) is 11.7. The van der Waals surface area contributed by atoms with Gasteiger partial charge in [0.05, 0.1) is 16.4 Å². The van der Waals surface area contributed by atoms with Gasteiger partial charge in [-0.3, -0.25) is 0 Å². The Labute approximate surface area is 352 Å². The zero-order valence-electron chi connectivity index (χ0n) is 32.6. The molecule has 0 fully saturated rings. The zero-order chi connectivity index (χ0) is 39.4. The second-order valence-corrected chi connectivity index (χ2v) is 17.1. The first-order valence-electron chi connectivity index (χ1n) is 20.7. The topological polar surface area (TPSA) is 8.17 Å². The predicted octanol–water partition coefficient (Wildman–Crippen LogP) is 15.4. The molecule has 0 amide bonds. The molecule has 0 N–H and O–H groups in total. The van der Waals surface area contributed by atoms with Gasteiger partial charge in [0.1, 0.15) is 0 Å². The normalized spacial score (nSPS) is 15.0. The minimum Gasteiger partial charge on any atom is -0.310 e. The summed E-state index contributed by atoms with van der Waals surface area (Å²) in [5.74, 6) is 0. The molecule has 3 heteroatoms. The molecule has 1 aliphatic heterocycles. The number of benzene rings is 10. The summed E-state index contributed by atoms with van der Waals surface area (Å²) in [7, 11) is 0. The van der Waals surface area contributed by atoms with E-state index in [0.717, 1.165) is 22.7 Å². The highest BCUT2D eigenvalue weighted by Crippen LogP contribution is 2.62. The van der Waals surface area contributed by atoms with Crippen LogP contribution in [0.15, 0.2) is 228 Å². The lowest BCUT2D eigenvalue weighted by atomic mass is 9.59. The van der Waals surface area contributed by atoms with Crippen LogP contribution in [0.2, 0.25) is 0 Å². The van der Waals surface area contributed by atoms with Crippen LogP contribution in [0.25, 0.3) is 60.2 Å². The molecular weight excluding hydrogens is 745 g/mol. The third-order valence-corrected chi connectivity index (χ3v) is 14.1. The molecule has 60 heavy (non-hydrogen) atoms. The van der Waals surface area contributed by atoms with E-state index in [1.807, 2.05) is 11.8 Å². The Bertz CT molecular complexity index is 3540. The number of para-hydroxylation sites is 2. The second-order valence-electron chi connectivity index (χ2n) is 16.0. The molecule has 1 aliphatic carbocycles. The van der Waals surface area contributed by atoms with Crippen molar-refractivity contribution >= 4 is 72.2 Å². The molecule has 0 saturated carbocycles. The summed E-state index contributed by atoms with van der Waals surface area (Å²) in [6, 6.07) is 81.3. The molecule has 1 unspecified atom stereocenters. The van der Waals surface area contributed by atoms with Crippen molar-refractivity contribution in [3.63, 3.8) is 0 Å². The summed E-state index contributed by atoms with van der Waals surface area (Å²) < 4.78 is 2.44. The average molecular weight is 781 g/mol. The van der Waals surface area contributed by atoms with E-state index in [2.05, 4.69) is 228 Å². The second kappa shape index (κ2) is 12.8. The number of anilines is 3. The molecular formula is C57H36N2S. The van der Waals surface area contributed by atoms with Gasteiger partial charge in [0.15, 0.2) is 0 Å². The summed E-state index contributed by atoms with van der Waals surface area (Å²) in [6.45, 7) is 0. The van der Waals surface area contributed by atoms with Crippen LogP contribution >= 0.6 is 11.8 Å². The lowest BCUT2D eigenvalue weighted by Crippen LogP contribution is -2.36. The molecule has 2 aliphatic rings. The monoisotopic (exact) mass is 780 g/mol. The smallest absolute Gasteiger partial charge is 0.0736 e.